The predicted molar refractivity (Wildman–Crippen MR) is 109 cm³/mol. The third-order valence-electron chi connectivity index (χ3n) is 4.62. The molecule has 0 spiro atoms. The summed E-state index contributed by atoms with van der Waals surface area (Å²) < 4.78 is 21.7. The summed E-state index contributed by atoms with van der Waals surface area (Å²) in [5, 5.41) is 17.2. The maximum absolute atomic E-state index is 14.7. The lowest BCUT2D eigenvalue weighted by Crippen LogP contribution is -2.05. The van der Waals surface area contributed by atoms with Gasteiger partial charge in [-0.05, 0) is 45.0 Å². The number of pyridine rings is 1. The minimum atomic E-state index is -0.409. The van der Waals surface area contributed by atoms with Crippen LogP contribution in [0.15, 0.2) is 42.6 Å². The number of aromatic nitrogens is 5. The Kier molecular flexibility index (Phi) is 5.07. The summed E-state index contributed by atoms with van der Waals surface area (Å²) >= 11 is 0. The molecule has 0 saturated carbocycles. The van der Waals surface area contributed by atoms with Crippen LogP contribution < -0.4 is 10.1 Å². The fourth-order valence-corrected chi connectivity index (χ4v) is 3.27. The van der Waals surface area contributed by atoms with Gasteiger partial charge in [0.15, 0.2) is 11.6 Å². The van der Waals surface area contributed by atoms with Gasteiger partial charge in [-0.1, -0.05) is 6.07 Å². The molecule has 29 heavy (non-hydrogen) atoms. The van der Waals surface area contributed by atoms with Crippen molar-refractivity contribution in [3.63, 3.8) is 0 Å². The number of anilines is 1. The lowest BCUT2D eigenvalue weighted by molar-refractivity contribution is 0.338. The zero-order valence-corrected chi connectivity index (χ0v) is 16.5. The van der Waals surface area contributed by atoms with E-state index in [1.165, 1.54) is 6.07 Å². The normalized spacial score (nSPS) is 11.0. The van der Waals surface area contributed by atoms with Gasteiger partial charge in [-0.2, -0.15) is 10.2 Å². The van der Waals surface area contributed by atoms with Crippen LogP contribution in [-0.2, 0) is 6.54 Å². The summed E-state index contributed by atoms with van der Waals surface area (Å²) in [5.74, 6) is 0.609. The molecule has 0 saturated heterocycles. The average molecular weight is 392 g/mol. The van der Waals surface area contributed by atoms with Gasteiger partial charge < -0.3 is 10.1 Å². The number of benzene rings is 1. The van der Waals surface area contributed by atoms with Crippen LogP contribution in [0.2, 0.25) is 0 Å². The Morgan fingerprint density at radius 2 is 2.00 bits per heavy atom. The maximum atomic E-state index is 14.7. The van der Waals surface area contributed by atoms with Crippen LogP contribution in [0.5, 0.6) is 5.75 Å². The van der Waals surface area contributed by atoms with Gasteiger partial charge in [-0.25, -0.2) is 9.07 Å². The lowest BCUT2D eigenvalue weighted by atomic mass is 10.2. The van der Waals surface area contributed by atoms with Crippen LogP contribution in [0.4, 0.5) is 10.2 Å². The summed E-state index contributed by atoms with van der Waals surface area (Å²) in [6.07, 6.45) is 1.74. The molecule has 4 aromatic rings. The zero-order valence-electron chi connectivity index (χ0n) is 16.5. The molecule has 0 radical (unpaired) electrons. The van der Waals surface area contributed by atoms with Crippen molar-refractivity contribution in [1.82, 2.24) is 25.0 Å². The number of rotatable bonds is 6. The highest BCUT2D eigenvalue weighted by Gasteiger charge is 2.19. The molecule has 3 heterocycles. The van der Waals surface area contributed by atoms with Crippen LogP contribution in [0.25, 0.3) is 16.6 Å². The molecule has 0 aliphatic rings. The Hall–Kier alpha value is -3.55. The first-order valence-electron chi connectivity index (χ1n) is 9.37. The van der Waals surface area contributed by atoms with Crippen molar-refractivity contribution in [2.75, 3.05) is 11.9 Å². The molecule has 0 atom stereocenters. The smallest absolute Gasteiger partial charge is 0.177 e. The molecule has 8 heteroatoms. The second kappa shape index (κ2) is 7.83. The quantitative estimate of drug-likeness (QED) is 0.535. The molecule has 0 fully saturated rings. The van der Waals surface area contributed by atoms with E-state index in [1.54, 1.807) is 23.0 Å². The first-order valence-corrected chi connectivity index (χ1v) is 9.37. The Bertz CT molecular complexity index is 1160. The van der Waals surface area contributed by atoms with Crippen molar-refractivity contribution in [3.8, 4) is 11.4 Å². The third-order valence-corrected chi connectivity index (χ3v) is 4.62. The highest BCUT2D eigenvalue weighted by Crippen LogP contribution is 2.29. The van der Waals surface area contributed by atoms with Gasteiger partial charge in [0.05, 0.1) is 35.6 Å². The number of hydrogen-bond acceptors (Lipinski definition) is 6. The fraction of sp³-hybridized carbons (Fsp3) is 0.238. The van der Waals surface area contributed by atoms with Gasteiger partial charge in [0.25, 0.3) is 0 Å². The van der Waals surface area contributed by atoms with Gasteiger partial charge in [0.2, 0.25) is 0 Å². The van der Waals surface area contributed by atoms with E-state index in [1.807, 2.05) is 39.0 Å². The van der Waals surface area contributed by atoms with Crippen LogP contribution in [0.1, 0.15) is 24.0 Å². The van der Waals surface area contributed by atoms with Gasteiger partial charge in [0, 0.05) is 12.3 Å². The van der Waals surface area contributed by atoms with Crippen LogP contribution >= 0.6 is 0 Å². The highest BCUT2D eigenvalue weighted by atomic mass is 19.1. The van der Waals surface area contributed by atoms with Crippen molar-refractivity contribution < 1.29 is 9.13 Å². The molecule has 4 rings (SSSR count). The first-order chi connectivity index (χ1) is 14.1. The number of aryl methyl sites for hydroxylation is 2. The molecule has 0 aliphatic carbocycles. The van der Waals surface area contributed by atoms with Gasteiger partial charge in [-0.15, -0.1) is 5.10 Å². The second-order valence-electron chi connectivity index (χ2n) is 6.58. The van der Waals surface area contributed by atoms with E-state index in [-0.39, 0.29) is 0 Å². The number of nitrogens with one attached hydrogen (secondary N) is 1. The van der Waals surface area contributed by atoms with E-state index < -0.39 is 5.82 Å². The van der Waals surface area contributed by atoms with E-state index >= 15 is 0 Å². The molecule has 3 aromatic heterocycles. The van der Waals surface area contributed by atoms with Gasteiger partial charge in [-0.3, -0.25) is 4.98 Å². The van der Waals surface area contributed by atoms with E-state index in [2.05, 4.69) is 25.6 Å². The molecule has 0 amide bonds. The Morgan fingerprint density at radius 1 is 1.14 bits per heavy atom. The van der Waals surface area contributed by atoms with Gasteiger partial charge >= 0.3 is 0 Å². The number of ether oxygens (including phenoxy) is 1. The number of halogens is 1. The largest absolute Gasteiger partial charge is 0.494 e. The van der Waals surface area contributed by atoms with Crippen molar-refractivity contribution in [2.45, 2.75) is 27.3 Å². The van der Waals surface area contributed by atoms with Crippen molar-refractivity contribution in [1.29, 1.82) is 0 Å². The van der Waals surface area contributed by atoms with Gasteiger partial charge in [0.1, 0.15) is 17.0 Å². The second-order valence-corrected chi connectivity index (χ2v) is 6.58. The average Bonchev–Trinajstić information content (AvgIpc) is 3.07. The summed E-state index contributed by atoms with van der Waals surface area (Å²) in [6, 6.07) is 10.5. The minimum Gasteiger partial charge on any atom is -0.494 e. The maximum Gasteiger partial charge on any atom is 0.177 e. The molecular weight excluding hydrogens is 371 g/mol. The standard InChI is InChI=1S/C21H21FN6O/c1-4-29-16-8-9-18(17(22)11-16)28-14(3)19-13(2)25-26-21(20(19)27-28)24-12-15-7-5-6-10-23-15/h5-11H,4,12H2,1-3H3,(H,24,26). The monoisotopic (exact) mass is 392 g/mol. The molecule has 0 bridgehead atoms. The fourth-order valence-electron chi connectivity index (χ4n) is 3.27. The van der Waals surface area contributed by atoms with Crippen LogP contribution in [0, 0.1) is 19.7 Å². The van der Waals surface area contributed by atoms with Crippen LogP contribution in [-0.4, -0.2) is 31.6 Å². The first kappa shape index (κ1) is 18.8. The Morgan fingerprint density at radius 3 is 2.72 bits per heavy atom. The summed E-state index contributed by atoms with van der Waals surface area (Å²) in [6.45, 7) is 6.58. The van der Waals surface area contributed by atoms with E-state index in [9.17, 15) is 4.39 Å². The SMILES string of the molecule is CCOc1ccc(-n2nc3c(NCc4ccccn4)nnc(C)c3c2C)c(F)c1. The van der Waals surface area contributed by atoms with Crippen LogP contribution in [0.3, 0.4) is 0 Å². The van der Waals surface area contributed by atoms with Crippen molar-refractivity contribution in [3.05, 3.63) is 65.5 Å². The molecule has 1 N–H and O–H groups in total. The number of nitrogens with zero attached hydrogens (tertiary/aromatic N) is 5. The number of hydrogen-bond donors (Lipinski definition) is 1. The van der Waals surface area contributed by atoms with E-state index in [4.69, 9.17) is 4.74 Å². The molecule has 0 aliphatic heterocycles. The molecule has 1 aromatic carbocycles. The predicted octanol–water partition coefficient (Wildman–Crippen LogP) is 3.98. The third kappa shape index (κ3) is 3.61. The Balaban J connectivity index is 1.75. The van der Waals surface area contributed by atoms with E-state index in [0.29, 0.717) is 35.9 Å². The van der Waals surface area contributed by atoms with Crippen molar-refractivity contribution >= 4 is 16.7 Å². The highest BCUT2D eigenvalue weighted by molar-refractivity contribution is 5.92. The summed E-state index contributed by atoms with van der Waals surface area (Å²) in [5.41, 5.74) is 3.38. The van der Waals surface area contributed by atoms with E-state index in [0.717, 1.165) is 22.5 Å². The Labute approximate surface area is 167 Å². The summed E-state index contributed by atoms with van der Waals surface area (Å²) in [7, 11) is 0. The molecule has 148 valence electrons. The zero-order chi connectivity index (χ0) is 20.4. The molecular formula is C21H21FN6O. The van der Waals surface area contributed by atoms with Crippen molar-refractivity contribution in [2.24, 2.45) is 0 Å². The number of fused-ring (bicyclic) bond motifs is 1. The molecule has 7 nitrogen and oxygen atoms in total. The summed E-state index contributed by atoms with van der Waals surface area (Å²) in [4.78, 5) is 4.30. The molecule has 0 unspecified atom stereocenters. The topological polar surface area (TPSA) is 77.8 Å². The lowest BCUT2D eigenvalue weighted by Gasteiger charge is -2.08. The minimum absolute atomic E-state index is 0.345.